The molecule has 0 atom stereocenters. The summed E-state index contributed by atoms with van der Waals surface area (Å²) < 4.78 is 16.7. The lowest BCUT2D eigenvalue weighted by Gasteiger charge is -2.06. The minimum atomic E-state index is -0.325. The van der Waals surface area contributed by atoms with E-state index < -0.39 is 0 Å². The lowest BCUT2D eigenvalue weighted by Crippen LogP contribution is -2.05. The van der Waals surface area contributed by atoms with E-state index in [2.05, 4.69) is 5.32 Å². The maximum absolute atomic E-state index is 11.8. The molecule has 0 saturated heterocycles. The Hall–Kier alpha value is -1.58. The van der Waals surface area contributed by atoms with Crippen molar-refractivity contribution in [2.24, 2.45) is 0 Å². The van der Waals surface area contributed by atoms with Crippen LogP contribution in [0, 0.1) is 0 Å². The molecule has 0 radical (unpaired) electrons. The number of ether oxygens (including phenoxy) is 1. The van der Waals surface area contributed by atoms with Gasteiger partial charge in [0.05, 0.1) is 18.8 Å². The Labute approximate surface area is 94.6 Å². The third kappa shape index (κ3) is 3.88. The predicted molar refractivity (Wildman–Crippen MR) is 61.5 cm³/mol. The normalized spacial score (nSPS) is 9.88. The molecule has 1 rings (SSSR count). The largest absolute Gasteiger partial charge is 0.462 e. The Morgan fingerprint density at radius 1 is 1.38 bits per heavy atom. The average Bonchev–Trinajstić information content (AvgIpc) is 2.30. The average molecular weight is 225 g/mol. The molecular formula is C12H16FNO2. The van der Waals surface area contributed by atoms with Gasteiger partial charge < -0.3 is 10.1 Å². The molecule has 0 spiro atoms. The van der Waals surface area contributed by atoms with Crippen LogP contribution in [0.3, 0.4) is 0 Å². The van der Waals surface area contributed by atoms with Gasteiger partial charge in [-0.1, -0.05) is 0 Å². The fourth-order valence-corrected chi connectivity index (χ4v) is 1.24. The van der Waals surface area contributed by atoms with E-state index in [0.717, 1.165) is 5.69 Å². The first-order chi connectivity index (χ1) is 7.77. The molecule has 0 bridgehead atoms. The summed E-state index contributed by atoms with van der Waals surface area (Å²) in [5.74, 6) is -0.321. The number of alkyl halides is 1. The lowest BCUT2D eigenvalue weighted by atomic mass is 10.2. The summed E-state index contributed by atoms with van der Waals surface area (Å²) in [6.45, 7) is 2.41. The number of carbonyl (C=O) groups excluding carboxylic acids is 1. The van der Waals surface area contributed by atoms with Crippen LogP contribution in [0.5, 0.6) is 0 Å². The molecule has 1 aromatic carbocycles. The monoisotopic (exact) mass is 225 g/mol. The molecule has 1 N–H and O–H groups in total. The second-order valence-electron chi connectivity index (χ2n) is 3.27. The molecule has 0 heterocycles. The molecule has 0 unspecified atom stereocenters. The number of anilines is 1. The summed E-state index contributed by atoms with van der Waals surface area (Å²) in [6, 6.07) is 6.94. The van der Waals surface area contributed by atoms with Crippen LogP contribution >= 0.6 is 0 Å². The second-order valence-corrected chi connectivity index (χ2v) is 3.27. The van der Waals surface area contributed by atoms with Crippen LogP contribution in [0.15, 0.2) is 24.3 Å². The van der Waals surface area contributed by atoms with Crippen molar-refractivity contribution in [2.75, 3.05) is 25.1 Å². The predicted octanol–water partition coefficient (Wildman–Crippen LogP) is 2.63. The number of hydrogen-bond acceptors (Lipinski definition) is 3. The molecule has 0 aliphatic carbocycles. The Morgan fingerprint density at radius 2 is 2.06 bits per heavy atom. The van der Waals surface area contributed by atoms with Gasteiger partial charge in [0.2, 0.25) is 0 Å². The van der Waals surface area contributed by atoms with E-state index in [1.165, 1.54) is 0 Å². The molecule has 1 aromatic rings. The number of benzene rings is 1. The van der Waals surface area contributed by atoms with E-state index >= 15 is 0 Å². The van der Waals surface area contributed by atoms with Crippen molar-refractivity contribution >= 4 is 11.7 Å². The van der Waals surface area contributed by atoms with E-state index in [4.69, 9.17) is 4.74 Å². The smallest absolute Gasteiger partial charge is 0.338 e. The fraction of sp³-hybridized carbons (Fsp3) is 0.417. The summed E-state index contributed by atoms with van der Waals surface area (Å²) in [5, 5.41) is 3.05. The van der Waals surface area contributed by atoms with Crippen LogP contribution in [0.4, 0.5) is 10.1 Å². The number of carbonyl (C=O) groups is 1. The molecule has 3 nitrogen and oxygen atoms in total. The van der Waals surface area contributed by atoms with E-state index in [1.54, 1.807) is 31.2 Å². The summed E-state index contributed by atoms with van der Waals surface area (Å²) in [6.07, 6.45) is 0.486. The fourth-order valence-electron chi connectivity index (χ4n) is 1.24. The van der Waals surface area contributed by atoms with Crippen molar-refractivity contribution in [3.8, 4) is 0 Å². The molecule has 4 heteroatoms. The van der Waals surface area contributed by atoms with E-state index in [-0.39, 0.29) is 12.6 Å². The molecule has 0 aliphatic heterocycles. The van der Waals surface area contributed by atoms with Gasteiger partial charge in [0, 0.05) is 12.2 Å². The van der Waals surface area contributed by atoms with Crippen molar-refractivity contribution in [1.29, 1.82) is 0 Å². The zero-order chi connectivity index (χ0) is 11.8. The maximum Gasteiger partial charge on any atom is 0.338 e. The highest BCUT2D eigenvalue weighted by atomic mass is 19.1. The SMILES string of the molecule is CCOC(=O)c1ccc(NCCCF)cc1. The maximum atomic E-state index is 11.8. The van der Waals surface area contributed by atoms with Crippen LogP contribution < -0.4 is 5.32 Å². The van der Waals surface area contributed by atoms with Gasteiger partial charge in [-0.15, -0.1) is 0 Å². The van der Waals surface area contributed by atoms with Gasteiger partial charge in [0.25, 0.3) is 0 Å². The Bertz CT molecular complexity index is 324. The molecule has 0 saturated carbocycles. The summed E-state index contributed by atoms with van der Waals surface area (Å²) >= 11 is 0. The van der Waals surface area contributed by atoms with Crippen molar-refractivity contribution in [3.05, 3.63) is 29.8 Å². The zero-order valence-electron chi connectivity index (χ0n) is 9.33. The molecule has 0 aliphatic rings. The van der Waals surface area contributed by atoms with Crippen LogP contribution in [0.2, 0.25) is 0 Å². The van der Waals surface area contributed by atoms with Crippen LogP contribution in [0.25, 0.3) is 0 Å². The topological polar surface area (TPSA) is 38.3 Å². The molecule has 0 fully saturated rings. The summed E-state index contributed by atoms with van der Waals surface area (Å²) in [4.78, 5) is 11.3. The molecule has 88 valence electrons. The first-order valence-corrected chi connectivity index (χ1v) is 5.35. The third-order valence-corrected chi connectivity index (χ3v) is 2.04. The second kappa shape index (κ2) is 6.82. The van der Waals surface area contributed by atoms with Crippen LogP contribution in [-0.2, 0) is 4.74 Å². The van der Waals surface area contributed by atoms with Gasteiger partial charge in [-0.05, 0) is 37.6 Å². The zero-order valence-corrected chi connectivity index (χ0v) is 9.33. The highest BCUT2D eigenvalue weighted by Crippen LogP contribution is 2.10. The highest BCUT2D eigenvalue weighted by Gasteiger charge is 2.04. The Kier molecular flexibility index (Phi) is 5.32. The van der Waals surface area contributed by atoms with Gasteiger partial charge in [0.15, 0.2) is 0 Å². The van der Waals surface area contributed by atoms with Crippen molar-refractivity contribution in [3.63, 3.8) is 0 Å². The summed E-state index contributed by atoms with van der Waals surface area (Å²) in [5.41, 5.74) is 1.40. The van der Waals surface area contributed by atoms with Gasteiger partial charge in [-0.2, -0.15) is 0 Å². The summed E-state index contributed by atoms with van der Waals surface area (Å²) in [7, 11) is 0. The standard InChI is InChI=1S/C12H16FNO2/c1-2-16-12(15)10-4-6-11(7-5-10)14-9-3-8-13/h4-7,14H,2-3,8-9H2,1H3. The van der Waals surface area contributed by atoms with Gasteiger partial charge in [-0.3, -0.25) is 4.39 Å². The molecule has 16 heavy (non-hydrogen) atoms. The van der Waals surface area contributed by atoms with Gasteiger partial charge in [0.1, 0.15) is 0 Å². The van der Waals surface area contributed by atoms with Crippen LogP contribution in [0.1, 0.15) is 23.7 Å². The minimum Gasteiger partial charge on any atom is -0.462 e. The first-order valence-electron chi connectivity index (χ1n) is 5.35. The molecular weight excluding hydrogens is 209 g/mol. The van der Waals surface area contributed by atoms with Crippen molar-refractivity contribution < 1.29 is 13.9 Å². The lowest BCUT2D eigenvalue weighted by molar-refractivity contribution is 0.0526. The quantitative estimate of drug-likeness (QED) is 0.597. The molecule has 0 amide bonds. The van der Waals surface area contributed by atoms with Crippen LogP contribution in [-0.4, -0.2) is 25.8 Å². The van der Waals surface area contributed by atoms with E-state index in [9.17, 15) is 9.18 Å². The Balaban J connectivity index is 2.50. The minimum absolute atomic E-state index is 0.321. The highest BCUT2D eigenvalue weighted by molar-refractivity contribution is 5.89. The van der Waals surface area contributed by atoms with Gasteiger partial charge in [-0.25, -0.2) is 4.79 Å². The third-order valence-electron chi connectivity index (χ3n) is 2.04. The van der Waals surface area contributed by atoms with E-state index in [1.807, 2.05) is 0 Å². The van der Waals surface area contributed by atoms with E-state index in [0.29, 0.717) is 25.1 Å². The Morgan fingerprint density at radius 3 is 2.62 bits per heavy atom. The molecule has 0 aromatic heterocycles. The van der Waals surface area contributed by atoms with Gasteiger partial charge >= 0.3 is 5.97 Å². The number of hydrogen-bond donors (Lipinski definition) is 1. The number of esters is 1. The number of nitrogens with one attached hydrogen (secondary N) is 1. The van der Waals surface area contributed by atoms with Crippen molar-refractivity contribution in [2.45, 2.75) is 13.3 Å². The first kappa shape index (κ1) is 12.5. The number of halogens is 1. The van der Waals surface area contributed by atoms with Crippen molar-refractivity contribution in [1.82, 2.24) is 0 Å². The number of rotatable bonds is 6.